The van der Waals surface area contributed by atoms with E-state index >= 15 is 0 Å². The molecule has 0 aliphatic rings. The maximum atomic E-state index is 10.6. The molecule has 1 rings (SSSR count). The van der Waals surface area contributed by atoms with Crippen LogP contribution in [0.3, 0.4) is 0 Å². The average Bonchev–Trinajstić information content (AvgIpc) is 2.39. The Morgan fingerprint density at radius 1 is 1.11 bits per heavy atom. The van der Waals surface area contributed by atoms with Gasteiger partial charge in [0.25, 0.3) is 5.69 Å². The Labute approximate surface area is 107 Å². The lowest BCUT2D eigenvalue weighted by atomic mass is 9.78. The largest absolute Gasteiger partial charge is 0.493 e. The van der Waals surface area contributed by atoms with E-state index in [-0.39, 0.29) is 5.69 Å². The molecule has 0 fully saturated rings. The van der Waals surface area contributed by atoms with Crippen molar-refractivity contribution in [1.29, 1.82) is 0 Å². The van der Waals surface area contributed by atoms with Crippen LogP contribution in [0.2, 0.25) is 0 Å². The molecule has 0 unspecified atom stereocenters. The molecule has 0 aliphatic carbocycles. The van der Waals surface area contributed by atoms with E-state index in [1.807, 2.05) is 13.8 Å². The van der Waals surface area contributed by atoms with E-state index in [4.69, 9.17) is 9.31 Å². The SMILES string of the molecule is CCCOB(OCCC)c1ccc([N+](=O)[O-])cc1. The zero-order chi connectivity index (χ0) is 13.4. The molecule has 18 heavy (non-hydrogen) atoms. The molecule has 0 bridgehead atoms. The summed E-state index contributed by atoms with van der Waals surface area (Å²) in [5.74, 6) is 0. The molecule has 1 aromatic rings. The molecule has 0 saturated heterocycles. The van der Waals surface area contributed by atoms with Gasteiger partial charge in [0.15, 0.2) is 0 Å². The number of hydrogen-bond donors (Lipinski definition) is 0. The van der Waals surface area contributed by atoms with Gasteiger partial charge in [-0.3, -0.25) is 10.1 Å². The van der Waals surface area contributed by atoms with Gasteiger partial charge in [-0.1, -0.05) is 26.0 Å². The maximum absolute atomic E-state index is 10.6. The molecule has 0 atom stereocenters. The summed E-state index contributed by atoms with van der Waals surface area (Å²) in [6, 6.07) is 6.28. The van der Waals surface area contributed by atoms with Crippen molar-refractivity contribution < 1.29 is 14.2 Å². The minimum absolute atomic E-state index is 0.0727. The Kier molecular flexibility index (Phi) is 6.39. The molecule has 0 aliphatic heterocycles. The molecule has 0 radical (unpaired) electrons. The first-order valence-electron chi connectivity index (χ1n) is 6.16. The van der Waals surface area contributed by atoms with Crippen molar-refractivity contribution in [2.45, 2.75) is 26.7 Å². The van der Waals surface area contributed by atoms with Crippen LogP contribution >= 0.6 is 0 Å². The van der Waals surface area contributed by atoms with E-state index in [1.54, 1.807) is 12.1 Å². The fourth-order valence-electron chi connectivity index (χ4n) is 1.44. The Balaban J connectivity index is 2.73. The van der Waals surface area contributed by atoms with Crippen LogP contribution in [0, 0.1) is 10.1 Å². The van der Waals surface area contributed by atoms with Gasteiger partial charge in [-0.25, -0.2) is 0 Å². The topological polar surface area (TPSA) is 61.6 Å². The van der Waals surface area contributed by atoms with Crippen molar-refractivity contribution in [3.63, 3.8) is 0 Å². The summed E-state index contributed by atoms with van der Waals surface area (Å²) in [7, 11) is -0.439. The first kappa shape index (κ1) is 14.7. The Hall–Kier alpha value is -1.40. The maximum Gasteiger partial charge on any atom is 0.493 e. The van der Waals surface area contributed by atoms with Crippen LogP contribution in [0.1, 0.15) is 26.7 Å². The van der Waals surface area contributed by atoms with Gasteiger partial charge in [0, 0.05) is 25.3 Å². The first-order valence-corrected chi connectivity index (χ1v) is 6.16. The van der Waals surface area contributed by atoms with Gasteiger partial charge >= 0.3 is 7.12 Å². The van der Waals surface area contributed by atoms with Crippen molar-refractivity contribution in [3.8, 4) is 0 Å². The number of hydrogen-bond acceptors (Lipinski definition) is 4. The van der Waals surface area contributed by atoms with Gasteiger partial charge in [-0.15, -0.1) is 0 Å². The van der Waals surface area contributed by atoms with Crippen LogP contribution in [0.4, 0.5) is 5.69 Å². The Morgan fingerprint density at radius 3 is 2.00 bits per heavy atom. The van der Waals surface area contributed by atoms with Gasteiger partial charge < -0.3 is 9.31 Å². The second-order valence-electron chi connectivity index (χ2n) is 3.92. The minimum atomic E-state index is -0.439. The summed E-state index contributed by atoms with van der Waals surface area (Å²) >= 11 is 0. The molecule has 6 heteroatoms. The van der Waals surface area contributed by atoms with Crippen LogP contribution in [-0.4, -0.2) is 25.3 Å². The third-order valence-electron chi connectivity index (χ3n) is 2.32. The number of nitro benzene ring substituents is 1. The number of non-ortho nitro benzene ring substituents is 1. The highest BCUT2D eigenvalue weighted by Gasteiger charge is 2.21. The van der Waals surface area contributed by atoms with Crippen LogP contribution in [0.25, 0.3) is 0 Å². The monoisotopic (exact) mass is 251 g/mol. The lowest BCUT2D eigenvalue weighted by molar-refractivity contribution is -0.384. The molecule has 0 aromatic heterocycles. The lowest BCUT2D eigenvalue weighted by Crippen LogP contribution is -2.37. The van der Waals surface area contributed by atoms with Crippen LogP contribution in [-0.2, 0) is 9.31 Å². The molecule has 0 heterocycles. The molecular weight excluding hydrogens is 233 g/mol. The molecule has 0 spiro atoms. The number of nitrogens with zero attached hydrogens (tertiary/aromatic N) is 1. The fraction of sp³-hybridized carbons (Fsp3) is 0.500. The van der Waals surface area contributed by atoms with Gasteiger partial charge in [0.1, 0.15) is 0 Å². The van der Waals surface area contributed by atoms with Gasteiger partial charge in [-0.2, -0.15) is 0 Å². The Bertz CT molecular complexity index is 361. The molecule has 1 aromatic carbocycles. The van der Waals surface area contributed by atoms with Crippen molar-refractivity contribution in [3.05, 3.63) is 34.4 Å². The second-order valence-corrected chi connectivity index (χ2v) is 3.92. The normalized spacial score (nSPS) is 10.3. The van der Waals surface area contributed by atoms with E-state index < -0.39 is 12.0 Å². The summed E-state index contributed by atoms with van der Waals surface area (Å²) in [6.07, 6.45) is 1.80. The number of benzene rings is 1. The van der Waals surface area contributed by atoms with E-state index in [0.717, 1.165) is 18.3 Å². The minimum Gasteiger partial charge on any atom is -0.407 e. The highest BCUT2D eigenvalue weighted by Crippen LogP contribution is 2.08. The van der Waals surface area contributed by atoms with Crippen molar-refractivity contribution >= 4 is 18.3 Å². The molecule has 0 saturated carbocycles. The van der Waals surface area contributed by atoms with E-state index in [0.29, 0.717) is 13.2 Å². The van der Waals surface area contributed by atoms with E-state index in [2.05, 4.69) is 0 Å². The molecule has 0 N–H and O–H groups in total. The lowest BCUT2D eigenvalue weighted by Gasteiger charge is -2.13. The molecular formula is C12H18BNO4. The number of nitro groups is 1. The fourth-order valence-corrected chi connectivity index (χ4v) is 1.44. The van der Waals surface area contributed by atoms with E-state index in [9.17, 15) is 10.1 Å². The average molecular weight is 251 g/mol. The summed E-state index contributed by atoms with van der Waals surface area (Å²) in [5.41, 5.74) is 0.881. The predicted octanol–water partition coefficient (Wildman–Crippen LogP) is 2.14. The van der Waals surface area contributed by atoms with Crippen LogP contribution in [0.15, 0.2) is 24.3 Å². The van der Waals surface area contributed by atoms with Gasteiger partial charge in [0.05, 0.1) is 4.92 Å². The van der Waals surface area contributed by atoms with Crippen molar-refractivity contribution in [1.82, 2.24) is 0 Å². The molecule has 0 amide bonds. The molecule has 5 nitrogen and oxygen atoms in total. The van der Waals surface area contributed by atoms with Crippen molar-refractivity contribution in [2.75, 3.05) is 13.2 Å². The first-order chi connectivity index (χ1) is 8.69. The third kappa shape index (κ3) is 4.47. The zero-order valence-electron chi connectivity index (χ0n) is 10.8. The zero-order valence-corrected chi connectivity index (χ0v) is 10.8. The van der Waals surface area contributed by atoms with Crippen LogP contribution in [0.5, 0.6) is 0 Å². The summed E-state index contributed by atoms with van der Waals surface area (Å²) in [6.45, 7) is 5.25. The summed E-state index contributed by atoms with van der Waals surface area (Å²) < 4.78 is 11.2. The third-order valence-corrected chi connectivity index (χ3v) is 2.32. The van der Waals surface area contributed by atoms with Crippen molar-refractivity contribution in [2.24, 2.45) is 0 Å². The smallest absolute Gasteiger partial charge is 0.407 e. The summed E-state index contributed by atoms with van der Waals surface area (Å²) in [4.78, 5) is 10.2. The number of rotatable bonds is 8. The van der Waals surface area contributed by atoms with Gasteiger partial charge in [0.2, 0.25) is 0 Å². The standard InChI is InChI=1S/C12H18BNO4/c1-3-9-17-13(18-10-4-2)11-5-7-12(8-6-11)14(15)16/h5-8H,3-4,9-10H2,1-2H3. The van der Waals surface area contributed by atoms with Crippen LogP contribution < -0.4 is 5.46 Å². The molecule has 98 valence electrons. The second kappa shape index (κ2) is 7.84. The predicted molar refractivity (Wildman–Crippen MR) is 71.0 cm³/mol. The highest BCUT2D eigenvalue weighted by atomic mass is 16.6. The summed E-state index contributed by atoms with van der Waals surface area (Å²) in [5, 5.41) is 10.6. The van der Waals surface area contributed by atoms with E-state index in [1.165, 1.54) is 12.1 Å². The Morgan fingerprint density at radius 2 is 1.61 bits per heavy atom. The quantitative estimate of drug-likeness (QED) is 0.403. The highest BCUT2D eigenvalue weighted by molar-refractivity contribution is 6.61. The van der Waals surface area contributed by atoms with Gasteiger partial charge in [-0.05, 0) is 18.3 Å².